The number of pyridine rings is 1. The van der Waals surface area contributed by atoms with Crippen molar-refractivity contribution in [3.63, 3.8) is 0 Å². The molecule has 4 N–H and O–H groups in total. The van der Waals surface area contributed by atoms with E-state index in [0.29, 0.717) is 49.1 Å². The Hall–Kier alpha value is -4.40. The van der Waals surface area contributed by atoms with Crippen molar-refractivity contribution < 1.29 is 42.2 Å². The van der Waals surface area contributed by atoms with Gasteiger partial charge in [-0.1, -0.05) is 32.4 Å². The van der Waals surface area contributed by atoms with Gasteiger partial charge < -0.3 is 30.1 Å². The number of carbonyl (C=O) groups is 4. The maximum absolute atomic E-state index is 14.4. The molecule has 3 fully saturated rings. The molecule has 2 saturated carbocycles. The van der Waals surface area contributed by atoms with Crippen LogP contribution >= 0.6 is 0 Å². The Morgan fingerprint density at radius 2 is 1.90 bits per heavy atom. The zero-order valence-electron chi connectivity index (χ0n) is 29.4. The van der Waals surface area contributed by atoms with Crippen molar-refractivity contribution >= 4 is 44.7 Å². The molecule has 276 valence electrons. The highest BCUT2D eigenvalue weighted by atomic mass is 32.2. The van der Waals surface area contributed by atoms with Gasteiger partial charge in [0.15, 0.2) is 0 Å². The summed E-state index contributed by atoms with van der Waals surface area (Å²) in [4.78, 5) is 60.4. The summed E-state index contributed by atoms with van der Waals surface area (Å²) in [6.07, 6.45) is 6.90. The second kappa shape index (κ2) is 14.0. The fraction of sp³-hybridized carbons (Fsp3) is 0.583. The zero-order valence-corrected chi connectivity index (χ0v) is 30.2. The van der Waals surface area contributed by atoms with E-state index in [9.17, 15) is 32.7 Å². The Bertz CT molecular complexity index is 1850. The Labute approximate surface area is 297 Å². The maximum Gasteiger partial charge on any atom is 0.405 e. The Morgan fingerprint density at radius 1 is 1.16 bits per heavy atom. The number of nitrogens with one attached hydrogen (secondary N) is 3. The van der Waals surface area contributed by atoms with Gasteiger partial charge in [-0.2, -0.15) is 0 Å². The molecule has 6 rings (SSSR count). The largest absolute Gasteiger partial charge is 0.497 e. The summed E-state index contributed by atoms with van der Waals surface area (Å²) in [5.74, 6) is -1.65. The summed E-state index contributed by atoms with van der Waals surface area (Å²) >= 11 is 0. The summed E-state index contributed by atoms with van der Waals surface area (Å²) in [6.45, 7) is 5.50. The first-order chi connectivity index (χ1) is 24.2. The zero-order chi connectivity index (χ0) is 36.7. The first kappa shape index (κ1) is 36.4. The van der Waals surface area contributed by atoms with Gasteiger partial charge in [-0.3, -0.25) is 24.1 Å². The number of nitrogens with zero attached hydrogens (tertiary/aromatic N) is 2. The molecule has 51 heavy (non-hydrogen) atoms. The van der Waals surface area contributed by atoms with Crippen molar-refractivity contribution in [2.24, 2.45) is 17.8 Å². The van der Waals surface area contributed by atoms with E-state index in [-0.39, 0.29) is 31.2 Å². The van der Waals surface area contributed by atoms with E-state index in [1.807, 2.05) is 31.2 Å². The topological polar surface area (TPSA) is 193 Å². The number of carboxylic acid groups (broad SMARTS) is 1. The number of hydrogen-bond donors (Lipinski definition) is 4. The molecule has 2 aliphatic heterocycles. The van der Waals surface area contributed by atoms with Gasteiger partial charge in [0.2, 0.25) is 21.8 Å². The van der Waals surface area contributed by atoms with Gasteiger partial charge in [0.05, 0.1) is 30.1 Å². The Balaban J connectivity index is 1.33. The number of hydrogen-bond acceptors (Lipinski definition) is 9. The van der Waals surface area contributed by atoms with Crippen LogP contribution in [0.1, 0.15) is 72.1 Å². The van der Waals surface area contributed by atoms with Crippen LogP contribution in [0.5, 0.6) is 11.5 Å². The van der Waals surface area contributed by atoms with E-state index in [2.05, 4.69) is 27.3 Å². The van der Waals surface area contributed by atoms with Crippen LogP contribution in [0.4, 0.5) is 4.79 Å². The number of ether oxygens (including phenoxy) is 2. The van der Waals surface area contributed by atoms with Crippen LogP contribution in [0.15, 0.2) is 42.6 Å². The van der Waals surface area contributed by atoms with Crippen LogP contribution < -0.4 is 24.8 Å². The molecule has 0 radical (unpaired) electrons. The summed E-state index contributed by atoms with van der Waals surface area (Å²) in [6, 6.07) is 4.94. The van der Waals surface area contributed by atoms with Gasteiger partial charge in [-0.05, 0) is 81.5 Å². The smallest absolute Gasteiger partial charge is 0.405 e. The van der Waals surface area contributed by atoms with Crippen molar-refractivity contribution in [1.29, 1.82) is 0 Å². The quantitative estimate of drug-likeness (QED) is 0.293. The SMILES string of the molecule is CC[C@@H]1C[C@H](C)CC/C=C\[C@@H]2C[C@@]2(C(=O)NS(=O)(=O)C2(C)CC2)NC(=O)[C@@H]2C[C@@H](Oc3cnc4ccc(OC)cc4c3)CN2C(=O)[C@H]1NC(=O)O. The first-order valence-electron chi connectivity index (χ1n) is 17.6. The molecule has 14 nitrogen and oxygen atoms in total. The van der Waals surface area contributed by atoms with Crippen LogP contribution in [0.3, 0.4) is 0 Å². The fourth-order valence-corrected chi connectivity index (χ4v) is 8.73. The van der Waals surface area contributed by atoms with Gasteiger partial charge in [-0.25, -0.2) is 13.2 Å². The normalized spacial score (nSPS) is 31.2. The van der Waals surface area contributed by atoms with Crippen LogP contribution in [-0.2, 0) is 24.4 Å². The molecule has 1 aromatic carbocycles. The average molecular weight is 726 g/mol. The van der Waals surface area contributed by atoms with Crippen LogP contribution in [0, 0.1) is 17.8 Å². The highest BCUT2D eigenvalue weighted by Gasteiger charge is 2.63. The van der Waals surface area contributed by atoms with Gasteiger partial charge >= 0.3 is 6.09 Å². The van der Waals surface area contributed by atoms with Crippen molar-refractivity contribution in [1.82, 2.24) is 25.2 Å². The van der Waals surface area contributed by atoms with Crippen LogP contribution in [-0.4, -0.2) is 89.4 Å². The standard InChI is InChI=1S/C36H47N5O9S/c1-5-22-14-21(2)8-6-7-9-24-18-36(24,33(44)40-51(47,48)35(3)12-13-35)39-31(42)29-17-27(20-41(29)32(43)30(22)38-34(45)46)50-26-16-23-15-25(49-4)10-11-28(23)37-19-26/h7,9-11,15-16,19,21-22,24,27,29-30,38H,5-6,8,12-14,17-18,20H2,1-4H3,(H,39,42)(H,40,44)(H,45,46)/b9-7-/t21-,22-,24-,27-,29+,30+,36-/m1/s1. The molecule has 15 heteroatoms. The van der Waals surface area contributed by atoms with Crippen molar-refractivity contribution in [3.05, 3.63) is 42.6 Å². The molecule has 2 aromatic rings. The number of sulfonamides is 1. The first-order valence-corrected chi connectivity index (χ1v) is 19.1. The predicted octanol–water partition coefficient (Wildman–Crippen LogP) is 3.50. The molecule has 0 bridgehead atoms. The molecular weight excluding hydrogens is 678 g/mol. The van der Waals surface area contributed by atoms with Gasteiger partial charge in [0.25, 0.3) is 5.91 Å². The molecule has 1 saturated heterocycles. The van der Waals surface area contributed by atoms with Gasteiger partial charge in [-0.15, -0.1) is 0 Å². The van der Waals surface area contributed by atoms with Crippen LogP contribution in [0.2, 0.25) is 0 Å². The molecule has 4 aliphatic rings. The monoisotopic (exact) mass is 725 g/mol. The van der Waals surface area contributed by atoms with Crippen molar-refractivity contribution in [2.45, 2.75) is 101 Å². The third-order valence-corrected chi connectivity index (χ3v) is 13.2. The molecule has 2 aliphatic carbocycles. The lowest BCUT2D eigenvalue weighted by molar-refractivity contribution is -0.142. The highest BCUT2D eigenvalue weighted by molar-refractivity contribution is 7.91. The third kappa shape index (κ3) is 7.49. The molecule has 1 aromatic heterocycles. The maximum atomic E-state index is 14.4. The lowest BCUT2D eigenvalue weighted by Gasteiger charge is -2.33. The number of fused-ring (bicyclic) bond motifs is 3. The number of rotatable bonds is 8. The minimum absolute atomic E-state index is 0.0356. The molecule has 0 unspecified atom stereocenters. The number of methoxy groups -OCH3 is 1. The number of allylic oxidation sites excluding steroid dienone is 1. The minimum atomic E-state index is -3.99. The number of benzene rings is 1. The Kier molecular flexibility index (Phi) is 9.96. The number of aromatic nitrogens is 1. The summed E-state index contributed by atoms with van der Waals surface area (Å²) in [7, 11) is -2.43. The molecule has 3 heterocycles. The number of carbonyl (C=O) groups excluding carboxylic acids is 3. The predicted molar refractivity (Wildman–Crippen MR) is 187 cm³/mol. The molecule has 4 amide bonds. The van der Waals surface area contributed by atoms with Crippen molar-refractivity contribution in [2.75, 3.05) is 13.7 Å². The molecular formula is C36H47N5O9S. The fourth-order valence-electron chi connectivity index (χ4n) is 7.42. The number of amides is 4. The lowest BCUT2D eigenvalue weighted by atomic mass is 9.85. The second-order valence-electron chi connectivity index (χ2n) is 14.8. The van der Waals surface area contributed by atoms with E-state index < -0.39 is 68.2 Å². The second-order valence-corrected chi connectivity index (χ2v) is 17.0. The van der Waals surface area contributed by atoms with Gasteiger partial charge in [0, 0.05) is 17.7 Å². The average Bonchev–Trinajstić information content (AvgIpc) is 3.97. The van der Waals surface area contributed by atoms with Crippen LogP contribution in [0.25, 0.3) is 10.9 Å². The summed E-state index contributed by atoms with van der Waals surface area (Å²) in [5, 5.41) is 15.9. The summed E-state index contributed by atoms with van der Waals surface area (Å²) in [5.41, 5.74) is -0.814. The van der Waals surface area contributed by atoms with E-state index >= 15 is 0 Å². The van der Waals surface area contributed by atoms with E-state index in [1.165, 1.54) is 4.90 Å². The van der Waals surface area contributed by atoms with E-state index in [0.717, 1.165) is 11.8 Å². The van der Waals surface area contributed by atoms with E-state index in [1.54, 1.807) is 32.4 Å². The van der Waals surface area contributed by atoms with Gasteiger partial charge in [0.1, 0.15) is 35.2 Å². The minimum Gasteiger partial charge on any atom is -0.497 e. The van der Waals surface area contributed by atoms with E-state index in [4.69, 9.17) is 9.47 Å². The molecule has 7 atom stereocenters. The lowest BCUT2D eigenvalue weighted by Crippen LogP contribution is -2.59. The highest BCUT2D eigenvalue weighted by Crippen LogP contribution is 2.47. The summed E-state index contributed by atoms with van der Waals surface area (Å²) < 4.78 is 39.0. The Morgan fingerprint density at radius 3 is 2.59 bits per heavy atom. The van der Waals surface area contributed by atoms with Crippen molar-refractivity contribution in [3.8, 4) is 11.5 Å². The third-order valence-electron chi connectivity index (χ3n) is 11.1. The molecule has 0 spiro atoms.